The van der Waals surface area contributed by atoms with Gasteiger partial charge < -0.3 is 15.1 Å². The summed E-state index contributed by atoms with van der Waals surface area (Å²) in [6.45, 7) is 15.4. The van der Waals surface area contributed by atoms with Gasteiger partial charge in [0, 0.05) is 25.7 Å². The minimum absolute atomic E-state index is 0.454. The van der Waals surface area contributed by atoms with Gasteiger partial charge in [-0.05, 0) is 57.8 Å². The Labute approximate surface area is 127 Å². The summed E-state index contributed by atoms with van der Waals surface area (Å²) in [5.41, 5.74) is 0.454. The Morgan fingerprint density at radius 2 is 1.90 bits per heavy atom. The zero-order chi connectivity index (χ0) is 15.2. The Bertz CT molecular complexity index is 259. The van der Waals surface area contributed by atoms with Gasteiger partial charge in [-0.25, -0.2) is 0 Å². The quantitative estimate of drug-likeness (QED) is 0.702. The Morgan fingerprint density at radius 1 is 1.25 bits per heavy atom. The van der Waals surface area contributed by atoms with Crippen LogP contribution in [0, 0.1) is 11.3 Å². The zero-order valence-electron chi connectivity index (χ0n) is 14.7. The molecular formula is C17H37N3. The Balaban J connectivity index is 2.49. The van der Waals surface area contributed by atoms with Crippen molar-refractivity contribution in [2.75, 3.05) is 46.8 Å². The van der Waals surface area contributed by atoms with Crippen molar-refractivity contribution in [2.24, 2.45) is 11.3 Å². The molecule has 20 heavy (non-hydrogen) atoms. The molecule has 120 valence electrons. The average Bonchev–Trinajstić information content (AvgIpc) is 2.85. The lowest BCUT2D eigenvalue weighted by atomic mass is 9.81. The first-order valence-corrected chi connectivity index (χ1v) is 8.52. The average molecular weight is 284 g/mol. The van der Waals surface area contributed by atoms with Crippen molar-refractivity contribution in [1.29, 1.82) is 0 Å². The van der Waals surface area contributed by atoms with Crippen LogP contribution in [-0.2, 0) is 0 Å². The van der Waals surface area contributed by atoms with Crippen LogP contribution in [0.4, 0.5) is 0 Å². The molecule has 0 aromatic carbocycles. The fraction of sp³-hybridized carbons (Fsp3) is 1.00. The fourth-order valence-corrected chi connectivity index (χ4v) is 3.26. The van der Waals surface area contributed by atoms with Crippen LogP contribution in [0.2, 0.25) is 0 Å². The van der Waals surface area contributed by atoms with Crippen molar-refractivity contribution in [3.05, 3.63) is 0 Å². The van der Waals surface area contributed by atoms with E-state index in [-0.39, 0.29) is 0 Å². The molecule has 0 bridgehead atoms. The van der Waals surface area contributed by atoms with Crippen LogP contribution in [0.15, 0.2) is 0 Å². The molecule has 3 nitrogen and oxygen atoms in total. The summed E-state index contributed by atoms with van der Waals surface area (Å²) in [5.74, 6) is 0.742. The van der Waals surface area contributed by atoms with Gasteiger partial charge in [0.15, 0.2) is 0 Å². The van der Waals surface area contributed by atoms with Crippen molar-refractivity contribution in [1.82, 2.24) is 15.1 Å². The zero-order valence-corrected chi connectivity index (χ0v) is 14.7. The molecule has 0 aromatic rings. The third kappa shape index (κ3) is 5.34. The molecule has 1 fully saturated rings. The van der Waals surface area contributed by atoms with Gasteiger partial charge in [-0.1, -0.05) is 27.7 Å². The van der Waals surface area contributed by atoms with Gasteiger partial charge in [0.05, 0.1) is 0 Å². The summed E-state index contributed by atoms with van der Waals surface area (Å²) in [7, 11) is 4.43. The van der Waals surface area contributed by atoms with E-state index in [0.717, 1.165) is 18.5 Å². The van der Waals surface area contributed by atoms with E-state index in [1.807, 2.05) is 0 Å². The van der Waals surface area contributed by atoms with Gasteiger partial charge in [0.1, 0.15) is 0 Å². The second-order valence-corrected chi connectivity index (χ2v) is 7.37. The highest BCUT2D eigenvalue weighted by Gasteiger charge is 2.32. The molecule has 0 saturated carbocycles. The van der Waals surface area contributed by atoms with E-state index in [9.17, 15) is 0 Å². The van der Waals surface area contributed by atoms with E-state index in [4.69, 9.17) is 0 Å². The molecule has 0 aliphatic carbocycles. The summed E-state index contributed by atoms with van der Waals surface area (Å²) in [5, 5.41) is 3.70. The number of hydrogen-bond donors (Lipinski definition) is 1. The summed E-state index contributed by atoms with van der Waals surface area (Å²) < 4.78 is 0. The molecule has 1 aliphatic heterocycles. The number of rotatable bonds is 9. The van der Waals surface area contributed by atoms with Crippen LogP contribution in [0.1, 0.15) is 47.0 Å². The van der Waals surface area contributed by atoms with Crippen LogP contribution in [-0.4, -0.2) is 62.7 Å². The molecule has 1 saturated heterocycles. The second kappa shape index (κ2) is 8.35. The molecule has 1 heterocycles. The highest BCUT2D eigenvalue weighted by molar-refractivity contribution is 4.88. The molecule has 0 amide bonds. The predicted octanol–water partition coefficient (Wildman–Crippen LogP) is 2.67. The number of likely N-dealkylation sites (tertiary alicyclic amines) is 1. The van der Waals surface area contributed by atoms with Gasteiger partial charge in [0.25, 0.3) is 0 Å². The van der Waals surface area contributed by atoms with E-state index in [1.165, 1.54) is 45.4 Å². The molecule has 1 unspecified atom stereocenters. The van der Waals surface area contributed by atoms with Crippen molar-refractivity contribution in [2.45, 2.75) is 53.0 Å². The first-order valence-electron chi connectivity index (χ1n) is 8.52. The molecule has 0 aromatic heterocycles. The van der Waals surface area contributed by atoms with Crippen LogP contribution in [0.5, 0.6) is 0 Å². The third-order valence-corrected chi connectivity index (χ3v) is 5.09. The van der Waals surface area contributed by atoms with Crippen molar-refractivity contribution >= 4 is 0 Å². The monoisotopic (exact) mass is 283 g/mol. The van der Waals surface area contributed by atoms with Gasteiger partial charge >= 0.3 is 0 Å². The molecule has 0 radical (unpaired) electrons. The van der Waals surface area contributed by atoms with E-state index in [1.54, 1.807) is 0 Å². The Kier molecular flexibility index (Phi) is 7.49. The highest BCUT2D eigenvalue weighted by Crippen LogP contribution is 2.29. The summed E-state index contributed by atoms with van der Waals surface area (Å²) in [6, 6.07) is 0.755. The molecule has 1 atom stereocenters. The Hall–Kier alpha value is -0.120. The minimum atomic E-state index is 0.454. The van der Waals surface area contributed by atoms with E-state index in [2.05, 4.69) is 56.9 Å². The van der Waals surface area contributed by atoms with Crippen LogP contribution in [0.25, 0.3) is 0 Å². The van der Waals surface area contributed by atoms with Crippen LogP contribution >= 0.6 is 0 Å². The maximum absolute atomic E-state index is 3.70. The van der Waals surface area contributed by atoms with Crippen molar-refractivity contribution < 1.29 is 0 Å². The standard InChI is InChI=1S/C17H37N3/c1-7-17(8-2,13-18-11-15(3)4)14-20-10-9-16(12-20)19(5)6/h15-16,18H,7-14H2,1-6H3. The number of hydrogen-bond acceptors (Lipinski definition) is 3. The fourth-order valence-electron chi connectivity index (χ4n) is 3.26. The predicted molar refractivity (Wildman–Crippen MR) is 89.3 cm³/mol. The van der Waals surface area contributed by atoms with E-state index < -0.39 is 0 Å². The molecule has 1 N–H and O–H groups in total. The van der Waals surface area contributed by atoms with Gasteiger partial charge in [-0.3, -0.25) is 0 Å². The number of nitrogens with zero attached hydrogens (tertiary/aromatic N) is 2. The maximum atomic E-state index is 3.70. The summed E-state index contributed by atoms with van der Waals surface area (Å²) in [6.07, 6.45) is 3.88. The lowest BCUT2D eigenvalue weighted by Gasteiger charge is -2.36. The molecular weight excluding hydrogens is 246 g/mol. The van der Waals surface area contributed by atoms with Crippen molar-refractivity contribution in [3.63, 3.8) is 0 Å². The third-order valence-electron chi connectivity index (χ3n) is 5.09. The molecule has 0 spiro atoms. The SMILES string of the molecule is CCC(CC)(CNCC(C)C)CN1CCC(N(C)C)C1. The summed E-state index contributed by atoms with van der Waals surface area (Å²) >= 11 is 0. The second-order valence-electron chi connectivity index (χ2n) is 7.37. The van der Waals surface area contributed by atoms with Gasteiger partial charge in [-0.15, -0.1) is 0 Å². The minimum Gasteiger partial charge on any atom is -0.316 e. The molecule has 1 aliphatic rings. The lowest BCUT2D eigenvalue weighted by Crippen LogP contribution is -2.44. The maximum Gasteiger partial charge on any atom is 0.0229 e. The van der Waals surface area contributed by atoms with E-state index in [0.29, 0.717) is 5.41 Å². The van der Waals surface area contributed by atoms with Crippen molar-refractivity contribution in [3.8, 4) is 0 Å². The lowest BCUT2D eigenvalue weighted by molar-refractivity contribution is 0.146. The number of nitrogens with one attached hydrogen (secondary N) is 1. The summed E-state index contributed by atoms with van der Waals surface area (Å²) in [4.78, 5) is 5.07. The number of likely N-dealkylation sites (N-methyl/N-ethyl adjacent to an activating group) is 1. The van der Waals surface area contributed by atoms with Crippen LogP contribution < -0.4 is 5.32 Å². The largest absolute Gasteiger partial charge is 0.316 e. The smallest absolute Gasteiger partial charge is 0.0229 e. The Morgan fingerprint density at radius 3 is 2.35 bits per heavy atom. The molecule has 1 rings (SSSR count). The van der Waals surface area contributed by atoms with E-state index >= 15 is 0 Å². The van der Waals surface area contributed by atoms with Gasteiger partial charge in [0.2, 0.25) is 0 Å². The van der Waals surface area contributed by atoms with Gasteiger partial charge in [-0.2, -0.15) is 0 Å². The normalized spacial score (nSPS) is 21.3. The first-order chi connectivity index (χ1) is 9.42. The first kappa shape index (κ1) is 17.9. The highest BCUT2D eigenvalue weighted by atomic mass is 15.2. The van der Waals surface area contributed by atoms with Crippen LogP contribution in [0.3, 0.4) is 0 Å². The topological polar surface area (TPSA) is 18.5 Å². The molecule has 3 heteroatoms.